The fourth-order valence-corrected chi connectivity index (χ4v) is 2.12. The molecule has 0 saturated carbocycles. The Balaban J connectivity index is 2.56. The van der Waals surface area contributed by atoms with E-state index in [1.807, 2.05) is 13.1 Å². The number of nitrogens with zero attached hydrogens (tertiary/aromatic N) is 1. The van der Waals surface area contributed by atoms with Crippen molar-refractivity contribution in [2.75, 3.05) is 7.05 Å². The summed E-state index contributed by atoms with van der Waals surface area (Å²) in [5.41, 5.74) is 3.65. The van der Waals surface area contributed by atoms with Crippen LogP contribution in [0.3, 0.4) is 0 Å². The highest BCUT2D eigenvalue weighted by Gasteiger charge is 2.06. The average Bonchev–Trinajstić information content (AvgIpc) is 2.44. The molecule has 0 radical (unpaired) electrons. The minimum absolute atomic E-state index is 0.531. The van der Waals surface area contributed by atoms with Crippen LogP contribution in [0.5, 0.6) is 0 Å². The van der Waals surface area contributed by atoms with Crippen LogP contribution in [0.4, 0.5) is 0 Å². The molecule has 2 nitrogen and oxygen atoms in total. The van der Waals surface area contributed by atoms with E-state index < -0.39 is 0 Å². The summed E-state index contributed by atoms with van der Waals surface area (Å²) in [5, 5.41) is 3.44. The Bertz CT molecular complexity index is 418. The molecule has 1 rings (SSSR count). The van der Waals surface area contributed by atoms with Crippen LogP contribution in [0.15, 0.2) is 47.1 Å². The van der Waals surface area contributed by atoms with Crippen LogP contribution >= 0.6 is 0 Å². The largest absolute Gasteiger partial charge is 0.384 e. The first-order valence-electron chi connectivity index (χ1n) is 7.10. The number of benzene rings is 1. The van der Waals surface area contributed by atoms with Crippen LogP contribution in [-0.4, -0.2) is 12.8 Å². The summed E-state index contributed by atoms with van der Waals surface area (Å²) in [6.07, 6.45) is 4.56. The van der Waals surface area contributed by atoms with Gasteiger partial charge in [-0.15, -0.1) is 0 Å². The Morgan fingerprint density at radius 3 is 2.58 bits per heavy atom. The summed E-state index contributed by atoms with van der Waals surface area (Å²) in [7, 11) is 1.88. The first-order chi connectivity index (χ1) is 9.17. The maximum Gasteiger partial charge on any atom is 0.0397 e. The van der Waals surface area contributed by atoms with Crippen molar-refractivity contribution in [2.24, 2.45) is 10.9 Å². The van der Waals surface area contributed by atoms with Gasteiger partial charge < -0.3 is 5.32 Å². The van der Waals surface area contributed by atoms with E-state index in [9.17, 15) is 0 Å². The molecule has 0 fully saturated rings. The minimum Gasteiger partial charge on any atom is -0.384 e. The number of nitrogens with one attached hydrogen (secondary N) is 1. The normalized spacial score (nSPS) is 14.3. The molecule has 0 spiro atoms. The first kappa shape index (κ1) is 15.5. The van der Waals surface area contributed by atoms with Crippen LogP contribution in [0, 0.1) is 5.92 Å². The highest BCUT2D eigenvalue weighted by atomic mass is 14.9. The van der Waals surface area contributed by atoms with Crippen molar-refractivity contribution in [3.05, 3.63) is 47.7 Å². The van der Waals surface area contributed by atoms with Gasteiger partial charge in [0.15, 0.2) is 0 Å². The summed E-state index contributed by atoms with van der Waals surface area (Å²) in [4.78, 5) is 4.40. The Kier molecular flexibility index (Phi) is 6.94. The lowest BCUT2D eigenvalue weighted by atomic mass is 9.99. The topological polar surface area (TPSA) is 24.4 Å². The highest BCUT2D eigenvalue weighted by Crippen LogP contribution is 2.10. The van der Waals surface area contributed by atoms with Gasteiger partial charge in [0.2, 0.25) is 0 Å². The summed E-state index contributed by atoms with van der Waals surface area (Å²) in [6.45, 7) is 7.43. The lowest BCUT2D eigenvalue weighted by Crippen LogP contribution is -2.15. The number of hydrogen-bond acceptors (Lipinski definition) is 2. The molecule has 0 amide bonds. The van der Waals surface area contributed by atoms with E-state index in [0.29, 0.717) is 5.92 Å². The average molecular weight is 258 g/mol. The number of rotatable bonds is 7. The predicted octanol–water partition coefficient (Wildman–Crippen LogP) is 4.19. The van der Waals surface area contributed by atoms with E-state index in [1.54, 1.807) is 0 Å². The zero-order valence-corrected chi connectivity index (χ0v) is 12.6. The van der Waals surface area contributed by atoms with Gasteiger partial charge in [0.1, 0.15) is 0 Å². The number of allylic oxidation sites excluding steroid dienone is 2. The highest BCUT2D eigenvalue weighted by molar-refractivity contribution is 5.96. The third kappa shape index (κ3) is 5.73. The zero-order valence-electron chi connectivity index (χ0n) is 12.6. The molecule has 0 aromatic heterocycles. The van der Waals surface area contributed by atoms with Gasteiger partial charge in [0, 0.05) is 25.0 Å². The fourth-order valence-electron chi connectivity index (χ4n) is 2.12. The Hall–Kier alpha value is -1.57. The van der Waals surface area contributed by atoms with Crippen molar-refractivity contribution in [3.63, 3.8) is 0 Å². The van der Waals surface area contributed by atoms with Crippen LogP contribution in [0.1, 0.15) is 39.2 Å². The molecule has 2 heteroatoms. The standard InChI is InChI=1S/C17H26N2/c1-5-9-14(2)17(18-4)12-15(3)19-13-16-10-7-6-8-11-16/h6-8,10-12,14,19H,5,9,13H2,1-4H3/b15-12+,18-17?. The predicted molar refractivity (Wildman–Crippen MR) is 84.5 cm³/mol. The molecule has 0 aliphatic carbocycles. The molecule has 0 heterocycles. The quantitative estimate of drug-likeness (QED) is 0.729. The monoisotopic (exact) mass is 258 g/mol. The Morgan fingerprint density at radius 1 is 1.32 bits per heavy atom. The van der Waals surface area contributed by atoms with Crippen LogP contribution in [0.25, 0.3) is 0 Å². The fraction of sp³-hybridized carbons (Fsp3) is 0.471. The van der Waals surface area contributed by atoms with E-state index in [1.165, 1.54) is 29.8 Å². The second kappa shape index (κ2) is 8.52. The van der Waals surface area contributed by atoms with Crippen molar-refractivity contribution in [2.45, 2.75) is 40.2 Å². The van der Waals surface area contributed by atoms with E-state index in [4.69, 9.17) is 0 Å². The van der Waals surface area contributed by atoms with E-state index >= 15 is 0 Å². The molecule has 0 bridgehead atoms. The molecule has 0 aliphatic rings. The lowest BCUT2D eigenvalue weighted by Gasteiger charge is -2.12. The van der Waals surface area contributed by atoms with Gasteiger partial charge >= 0.3 is 0 Å². The van der Waals surface area contributed by atoms with E-state index in [2.05, 4.69) is 61.4 Å². The smallest absolute Gasteiger partial charge is 0.0397 e. The first-order valence-corrected chi connectivity index (χ1v) is 7.10. The van der Waals surface area contributed by atoms with Crippen LogP contribution in [0.2, 0.25) is 0 Å². The van der Waals surface area contributed by atoms with Gasteiger partial charge in [-0.2, -0.15) is 0 Å². The van der Waals surface area contributed by atoms with Crippen LogP contribution in [-0.2, 0) is 6.54 Å². The van der Waals surface area contributed by atoms with Crippen molar-refractivity contribution in [3.8, 4) is 0 Å². The van der Waals surface area contributed by atoms with E-state index in [0.717, 1.165) is 6.54 Å². The summed E-state index contributed by atoms with van der Waals surface area (Å²) in [5.74, 6) is 0.531. The summed E-state index contributed by atoms with van der Waals surface area (Å²) in [6, 6.07) is 10.4. The van der Waals surface area contributed by atoms with Gasteiger partial charge in [0.25, 0.3) is 0 Å². The van der Waals surface area contributed by atoms with Crippen molar-refractivity contribution >= 4 is 5.71 Å². The molecule has 1 aromatic rings. The third-order valence-electron chi connectivity index (χ3n) is 3.26. The Labute approximate surface area is 117 Å². The molecule has 1 N–H and O–H groups in total. The lowest BCUT2D eigenvalue weighted by molar-refractivity contribution is 0.667. The molecule has 1 atom stereocenters. The molecular weight excluding hydrogens is 232 g/mol. The third-order valence-corrected chi connectivity index (χ3v) is 3.26. The van der Waals surface area contributed by atoms with Crippen LogP contribution < -0.4 is 5.32 Å². The maximum atomic E-state index is 4.40. The number of aliphatic imine (C=N–C) groups is 1. The molecular formula is C17H26N2. The second-order valence-corrected chi connectivity index (χ2v) is 5.00. The molecule has 1 unspecified atom stereocenters. The molecule has 0 aliphatic heterocycles. The molecule has 0 saturated heterocycles. The van der Waals surface area contributed by atoms with E-state index in [-0.39, 0.29) is 0 Å². The zero-order chi connectivity index (χ0) is 14.1. The van der Waals surface area contributed by atoms with Gasteiger partial charge in [-0.05, 0) is 30.9 Å². The molecule has 1 aromatic carbocycles. The van der Waals surface area contributed by atoms with Gasteiger partial charge in [-0.25, -0.2) is 0 Å². The summed E-state index contributed by atoms with van der Waals surface area (Å²) < 4.78 is 0. The van der Waals surface area contributed by atoms with Gasteiger partial charge in [0.05, 0.1) is 0 Å². The second-order valence-electron chi connectivity index (χ2n) is 5.00. The summed E-state index contributed by atoms with van der Waals surface area (Å²) >= 11 is 0. The van der Waals surface area contributed by atoms with Crippen molar-refractivity contribution in [1.29, 1.82) is 0 Å². The van der Waals surface area contributed by atoms with Crippen molar-refractivity contribution < 1.29 is 0 Å². The maximum absolute atomic E-state index is 4.40. The van der Waals surface area contributed by atoms with Gasteiger partial charge in [-0.1, -0.05) is 50.6 Å². The SMILES string of the molecule is CCCC(C)C(/C=C(\C)NCc1ccccc1)=NC. The van der Waals surface area contributed by atoms with Crippen molar-refractivity contribution in [1.82, 2.24) is 5.32 Å². The Morgan fingerprint density at radius 2 is 2.00 bits per heavy atom. The van der Waals surface area contributed by atoms with Gasteiger partial charge in [-0.3, -0.25) is 4.99 Å². The minimum atomic E-state index is 0.531. The molecule has 19 heavy (non-hydrogen) atoms. The number of hydrogen-bond donors (Lipinski definition) is 1. The molecule has 104 valence electrons.